The number of aryl methyl sites for hydroxylation is 1. The number of carbonyl (C=O) groups excluding carboxylic acids is 1. The van der Waals surface area contributed by atoms with Crippen LogP contribution in [0, 0.1) is 0 Å². The molecule has 0 atom stereocenters. The van der Waals surface area contributed by atoms with E-state index in [0.717, 1.165) is 11.1 Å². The highest BCUT2D eigenvalue weighted by Gasteiger charge is 2.12. The first kappa shape index (κ1) is 18.3. The standard InChI is InChI=1S/C18H20N6O3/c1-24-11-13(8-22-24)12-3-4-14(19)15(7-12)23-18(25)16-9-21-17(10-20-16)27-6-5-26-2/h3-4,7-11H,5-6,19H2,1-2H3,(H,23,25). The van der Waals surface area contributed by atoms with Gasteiger partial charge in [-0.05, 0) is 17.7 Å². The van der Waals surface area contributed by atoms with Crippen LogP contribution >= 0.6 is 0 Å². The van der Waals surface area contributed by atoms with Crippen molar-refractivity contribution in [3.05, 3.63) is 48.7 Å². The number of carbonyl (C=O) groups is 1. The van der Waals surface area contributed by atoms with E-state index in [1.54, 1.807) is 30.1 Å². The van der Waals surface area contributed by atoms with Gasteiger partial charge in [0.2, 0.25) is 5.88 Å². The van der Waals surface area contributed by atoms with Crippen molar-refractivity contribution in [1.29, 1.82) is 0 Å². The van der Waals surface area contributed by atoms with Gasteiger partial charge < -0.3 is 20.5 Å². The largest absolute Gasteiger partial charge is 0.474 e. The number of rotatable bonds is 7. The number of aromatic nitrogens is 4. The van der Waals surface area contributed by atoms with E-state index in [0.29, 0.717) is 30.5 Å². The summed E-state index contributed by atoms with van der Waals surface area (Å²) in [5, 5.41) is 6.91. The maximum atomic E-state index is 12.4. The Bertz CT molecular complexity index is 923. The first-order valence-electron chi connectivity index (χ1n) is 8.20. The van der Waals surface area contributed by atoms with Crippen LogP contribution in [0.1, 0.15) is 10.5 Å². The maximum absolute atomic E-state index is 12.4. The number of hydrogen-bond donors (Lipinski definition) is 2. The van der Waals surface area contributed by atoms with E-state index in [1.165, 1.54) is 12.4 Å². The van der Waals surface area contributed by atoms with Crippen LogP contribution in [0.15, 0.2) is 43.0 Å². The topological polar surface area (TPSA) is 117 Å². The normalized spacial score (nSPS) is 10.6. The third-order valence-corrected chi connectivity index (χ3v) is 3.74. The Morgan fingerprint density at radius 2 is 2.04 bits per heavy atom. The number of methoxy groups -OCH3 is 1. The van der Waals surface area contributed by atoms with Crippen molar-refractivity contribution < 1.29 is 14.3 Å². The second kappa shape index (κ2) is 8.28. The Morgan fingerprint density at radius 3 is 2.70 bits per heavy atom. The minimum atomic E-state index is -0.416. The van der Waals surface area contributed by atoms with Crippen molar-refractivity contribution in [1.82, 2.24) is 19.7 Å². The van der Waals surface area contributed by atoms with Crippen LogP contribution in [0.25, 0.3) is 11.1 Å². The van der Waals surface area contributed by atoms with Crippen LogP contribution in [-0.4, -0.2) is 46.0 Å². The number of hydrogen-bond acceptors (Lipinski definition) is 7. The summed E-state index contributed by atoms with van der Waals surface area (Å²) in [7, 11) is 3.42. The highest BCUT2D eigenvalue weighted by molar-refractivity contribution is 6.04. The fourth-order valence-corrected chi connectivity index (χ4v) is 2.34. The molecule has 0 unspecified atom stereocenters. The number of nitrogens with one attached hydrogen (secondary N) is 1. The van der Waals surface area contributed by atoms with Gasteiger partial charge in [-0.25, -0.2) is 9.97 Å². The quantitative estimate of drug-likeness (QED) is 0.482. The van der Waals surface area contributed by atoms with Crippen LogP contribution in [0.5, 0.6) is 5.88 Å². The molecule has 0 bridgehead atoms. The molecule has 3 aromatic rings. The van der Waals surface area contributed by atoms with Crippen molar-refractivity contribution in [2.24, 2.45) is 7.05 Å². The first-order valence-corrected chi connectivity index (χ1v) is 8.20. The van der Waals surface area contributed by atoms with E-state index >= 15 is 0 Å². The number of anilines is 2. The summed E-state index contributed by atoms with van der Waals surface area (Å²) >= 11 is 0. The summed E-state index contributed by atoms with van der Waals surface area (Å²) < 4.78 is 11.9. The van der Waals surface area contributed by atoms with Gasteiger partial charge in [-0.3, -0.25) is 9.48 Å². The zero-order chi connectivity index (χ0) is 19.2. The first-order chi connectivity index (χ1) is 13.1. The molecule has 0 aliphatic heterocycles. The zero-order valence-electron chi connectivity index (χ0n) is 15.0. The van der Waals surface area contributed by atoms with Gasteiger partial charge in [-0.2, -0.15) is 5.10 Å². The zero-order valence-corrected chi connectivity index (χ0v) is 15.0. The van der Waals surface area contributed by atoms with Crippen LogP contribution in [0.4, 0.5) is 11.4 Å². The number of nitrogen functional groups attached to an aromatic ring is 1. The summed E-state index contributed by atoms with van der Waals surface area (Å²) in [6.07, 6.45) is 6.36. The predicted octanol–water partition coefficient (Wildman–Crippen LogP) is 1.74. The molecular formula is C18H20N6O3. The van der Waals surface area contributed by atoms with Crippen LogP contribution in [0.3, 0.4) is 0 Å². The van der Waals surface area contributed by atoms with E-state index < -0.39 is 5.91 Å². The molecule has 0 fully saturated rings. The molecule has 2 heterocycles. The predicted molar refractivity (Wildman–Crippen MR) is 100 cm³/mol. The van der Waals surface area contributed by atoms with Gasteiger partial charge in [0.05, 0.1) is 36.6 Å². The number of nitrogens with two attached hydrogens (primary N) is 1. The monoisotopic (exact) mass is 368 g/mol. The van der Waals surface area contributed by atoms with E-state index in [1.807, 2.05) is 19.3 Å². The summed E-state index contributed by atoms with van der Waals surface area (Å²) in [5.74, 6) is -0.0948. The molecule has 0 saturated heterocycles. The van der Waals surface area contributed by atoms with Crippen molar-refractivity contribution in [2.45, 2.75) is 0 Å². The average Bonchev–Trinajstić information content (AvgIpc) is 3.10. The Morgan fingerprint density at radius 1 is 1.19 bits per heavy atom. The van der Waals surface area contributed by atoms with Gasteiger partial charge in [0, 0.05) is 25.9 Å². The molecule has 9 nitrogen and oxygen atoms in total. The van der Waals surface area contributed by atoms with Crippen molar-refractivity contribution in [2.75, 3.05) is 31.4 Å². The summed E-state index contributed by atoms with van der Waals surface area (Å²) in [6.45, 7) is 0.796. The lowest BCUT2D eigenvalue weighted by molar-refractivity contribution is 0.102. The highest BCUT2D eigenvalue weighted by Crippen LogP contribution is 2.27. The van der Waals surface area contributed by atoms with E-state index in [9.17, 15) is 4.79 Å². The minimum absolute atomic E-state index is 0.153. The molecule has 2 aromatic heterocycles. The number of amides is 1. The van der Waals surface area contributed by atoms with Crippen LogP contribution in [0.2, 0.25) is 0 Å². The van der Waals surface area contributed by atoms with Gasteiger partial charge in [-0.15, -0.1) is 0 Å². The minimum Gasteiger partial charge on any atom is -0.474 e. The van der Waals surface area contributed by atoms with Crippen LogP contribution < -0.4 is 15.8 Å². The van der Waals surface area contributed by atoms with Gasteiger partial charge in [0.15, 0.2) is 0 Å². The summed E-state index contributed by atoms with van der Waals surface area (Å²) in [6, 6.07) is 5.39. The van der Waals surface area contributed by atoms with E-state index in [-0.39, 0.29) is 5.69 Å². The van der Waals surface area contributed by atoms with Crippen molar-refractivity contribution in [3.63, 3.8) is 0 Å². The lowest BCUT2D eigenvalue weighted by atomic mass is 10.1. The summed E-state index contributed by atoms with van der Waals surface area (Å²) in [5.41, 5.74) is 8.89. The molecule has 0 aliphatic rings. The lowest BCUT2D eigenvalue weighted by Gasteiger charge is -2.10. The fraction of sp³-hybridized carbons (Fsp3) is 0.222. The molecule has 1 amide bonds. The van der Waals surface area contributed by atoms with Crippen molar-refractivity contribution >= 4 is 17.3 Å². The third kappa shape index (κ3) is 4.59. The molecule has 1 aromatic carbocycles. The molecule has 0 saturated carbocycles. The van der Waals surface area contributed by atoms with Gasteiger partial charge in [-0.1, -0.05) is 6.07 Å². The fourth-order valence-electron chi connectivity index (χ4n) is 2.34. The smallest absolute Gasteiger partial charge is 0.275 e. The molecule has 0 aliphatic carbocycles. The maximum Gasteiger partial charge on any atom is 0.275 e. The molecule has 0 spiro atoms. The average molecular weight is 368 g/mol. The number of ether oxygens (including phenoxy) is 2. The molecule has 0 radical (unpaired) electrons. The van der Waals surface area contributed by atoms with Crippen molar-refractivity contribution in [3.8, 4) is 17.0 Å². The molecule has 9 heteroatoms. The SMILES string of the molecule is COCCOc1cnc(C(=O)Nc2cc(-c3cnn(C)c3)ccc2N)cn1. The highest BCUT2D eigenvalue weighted by atomic mass is 16.5. The Labute approximate surface area is 156 Å². The molecule has 140 valence electrons. The molecule has 3 N–H and O–H groups in total. The lowest BCUT2D eigenvalue weighted by Crippen LogP contribution is -2.15. The Hall–Kier alpha value is -3.46. The van der Waals surface area contributed by atoms with Gasteiger partial charge in [0.25, 0.3) is 5.91 Å². The second-order valence-electron chi connectivity index (χ2n) is 5.74. The van der Waals surface area contributed by atoms with E-state index in [2.05, 4.69) is 20.4 Å². The van der Waals surface area contributed by atoms with Gasteiger partial charge in [0.1, 0.15) is 12.3 Å². The van der Waals surface area contributed by atoms with E-state index in [4.69, 9.17) is 15.2 Å². The Kier molecular flexibility index (Phi) is 5.62. The molecule has 27 heavy (non-hydrogen) atoms. The second-order valence-corrected chi connectivity index (χ2v) is 5.74. The Balaban J connectivity index is 1.72. The number of nitrogens with zero attached hydrogens (tertiary/aromatic N) is 4. The van der Waals surface area contributed by atoms with Crippen LogP contribution in [-0.2, 0) is 11.8 Å². The number of benzene rings is 1. The van der Waals surface area contributed by atoms with Gasteiger partial charge >= 0.3 is 0 Å². The summed E-state index contributed by atoms with van der Waals surface area (Å²) in [4.78, 5) is 20.6. The molecule has 3 rings (SSSR count). The molecular weight excluding hydrogens is 348 g/mol. The third-order valence-electron chi connectivity index (χ3n) is 3.74.